The Hall–Kier alpha value is -0.210. The lowest BCUT2D eigenvalue weighted by Crippen LogP contribution is -3.00. The lowest BCUT2D eigenvalue weighted by Gasteiger charge is -2.30. The van der Waals surface area contributed by atoms with E-state index in [9.17, 15) is 9.59 Å². The van der Waals surface area contributed by atoms with E-state index in [2.05, 4.69) is 42.0 Å². The lowest BCUT2D eigenvalue weighted by molar-refractivity contribution is -0.881. The first-order valence-electron chi connectivity index (χ1n) is 22.1. The summed E-state index contributed by atoms with van der Waals surface area (Å²) in [6, 6.07) is 0. The molecule has 0 N–H and O–H groups in total. The number of quaternary nitrogens is 2. The first kappa shape index (κ1) is 57.1. The van der Waals surface area contributed by atoms with Gasteiger partial charge in [-0.1, -0.05) is 181 Å². The van der Waals surface area contributed by atoms with Crippen molar-refractivity contribution in [3.05, 3.63) is 0 Å². The average molecular weight is 814 g/mol. The summed E-state index contributed by atoms with van der Waals surface area (Å²) in [4.78, 5) is 24.9. The molecule has 320 valence electrons. The molecule has 0 aliphatic rings. The summed E-state index contributed by atoms with van der Waals surface area (Å²) < 4.78 is 12.4. The fraction of sp³-hybridized carbons (Fsp3) is 0.955. The second kappa shape index (κ2) is 41.4. The Balaban J connectivity index is -0.0000125. The molecule has 0 aromatic heterocycles. The van der Waals surface area contributed by atoms with Crippen LogP contribution >= 0.6 is 11.8 Å². The van der Waals surface area contributed by atoms with Crippen molar-refractivity contribution >= 4 is 23.7 Å². The number of likely N-dealkylation sites (N-methyl/N-ethyl adjacent to an activating group) is 2. The van der Waals surface area contributed by atoms with Crippen LogP contribution in [0.5, 0.6) is 0 Å². The van der Waals surface area contributed by atoms with Gasteiger partial charge in [-0.25, -0.2) is 9.59 Å². The maximum Gasteiger partial charge on any atom is 0.361 e. The molecule has 0 bridgehead atoms. The largest absolute Gasteiger partial charge is 1.00 e. The molecule has 0 rings (SSSR count). The van der Waals surface area contributed by atoms with Crippen LogP contribution in [0, 0.1) is 0 Å². The number of ether oxygens (including phenoxy) is 2. The SMILES string of the molecule is CCCCCCCCCCCCCCCCOC(=O)C[N+](C)(C)CCSCC[N+](C)(C)CC(=O)OCCCCCCCCCCCCCCCC.[Cl-].[Cl-]. The number of hydrogen-bond donors (Lipinski definition) is 0. The molecule has 0 atom stereocenters. The van der Waals surface area contributed by atoms with E-state index >= 15 is 0 Å². The Kier molecular flexibility index (Phi) is 44.6. The molecule has 0 aromatic carbocycles. The Bertz CT molecular complexity index is 727. The van der Waals surface area contributed by atoms with E-state index in [1.807, 2.05) is 11.8 Å². The lowest BCUT2D eigenvalue weighted by atomic mass is 10.0. The number of halogens is 2. The second-order valence-corrected chi connectivity index (χ2v) is 18.1. The summed E-state index contributed by atoms with van der Waals surface area (Å²) in [5, 5.41) is 0. The second-order valence-electron chi connectivity index (χ2n) is 16.9. The van der Waals surface area contributed by atoms with Gasteiger partial charge in [0.05, 0.1) is 54.5 Å². The van der Waals surface area contributed by atoms with Crippen LogP contribution < -0.4 is 24.8 Å². The third-order valence-corrected chi connectivity index (χ3v) is 11.3. The molecule has 53 heavy (non-hydrogen) atoms. The van der Waals surface area contributed by atoms with E-state index in [0.29, 0.717) is 35.3 Å². The summed E-state index contributed by atoms with van der Waals surface area (Å²) in [6.07, 6.45) is 37.3. The Labute approximate surface area is 347 Å². The van der Waals surface area contributed by atoms with Crippen LogP contribution in [0.3, 0.4) is 0 Å². The van der Waals surface area contributed by atoms with Gasteiger partial charge in [-0.2, -0.15) is 11.8 Å². The van der Waals surface area contributed by atoms with Crippen molar-refractivity contribution in [3.63, 3.8) is 0 Å². The van der Waals surface area contributed by atoms with Crippen molar-refractivity contribution in [3.8, 4) is 0 Å². The zero-order valence-corrected chi connectivity index (χ0v) is 38.5. The smallest absolute Gasteiger partial charge is 0.361 e. The number of carbonyl (C=O) groups is 2. The fourth-order valence-corrected chi connectivity index (χ4v) is 8.09. The molecule has 0 aromatic rings. The third kappa shape index (κ3) is 44.4. The van der Waals surface area contributed by atoms with E-state index in [1.54, 1.807) is 0 Å². The van der Waals surface area contributed by atoms with Crippen LogP contribution in [-0.4, -0.2) is 100.0 Å². The van der Waals surface area contributed by atoms with Gasteiger partial charge in [0, 0.05) is 11.5 Å². The number of rotatable bonds is 40. The predicted octanol–water partition coefficient (Wildman–Crippen LogP) is 5.93. The fourth-order valence-electron chi connectivity index (χ4n) is 6.64. The molecule has 0 radical (unpaired) electrons. The minimum Gasteiger partial charge on any atom is -1.00 e. The number of thioether (sulfide) groups is 1. The van der Waals surface area contributed by atoms with Gasteiger partial charge < -0.3 is 43.3 Å². The normalized spacial score (nSPS) is 11.6. The molecule has 9 heteroatoms. The highest BCUT2D eigenvalue weighted by Gasteiger charge is 2.23. The van der Waals surface area contributed by atoms with Gasteiger partial charge in [0.1, 0.15) is 0 Å². The highest BCUT2D eigenvalue weighted by atomic mass is 35.5. The summed E-state index contributed by atoms with van der Waals surface area (Å²) in [5.41, 5.74) is 0. The van der Waals surface area contributed by atoms with Crippen LogP contribution in [0.4, 0.5) is 0 Å². The van der Waals surface area contributed by atoms with Gasteiger partial charge in [-0.3, -0.25) is 0 Å². The van der Waals surface area contributed by atoms with Crippen molar-refractivity contribution in [2.24, 2.45) is 0 Å². The zero-order valence-electron chi connectivity index (χ0n) is 36.1. The van der Waals surface area contributed by atoms with Crippen LogP contribution in [0.2, 0.25) is 0 Å². The van der Waals surface area contributed by atoms with Crippen LogP contribution in [-0.2, 0) is 19.1 Å². The van der Waals surface area contributed by atoms with Gasteiger partial charge in [-0.15, -0.1) is 0 Å². The van der Waals surface area contributed by atoms with E-state index in [1.165, 1.54) is 154 Å². The molecular formula is C44H90Cl2N2O4S. The molecule has 0 fully saturated rings. The molecular weight excluding hydrogens is 723 g/mol. The first-order chi connectivity index (χ1) is 24.6. The Morgan fingerprint density at radius 3 is 0.868 bits per heavy atom. The minimum absolute atomic E-state index is 0. The van der Waals surface area contributed by atoms with Crippen molar-refractivity contribution in [2.45, 2.75) is 194 Å². The number of nitrogens with zero attached hydrogens (tertiary/aromatic N) is 2. The Morgan fingerprint density at radius 1 is 0.396 bits per heavy atom. The van der Waals surface area contributed by atoms with E-state index in [-0.39, 0.29) is 36.8 Å². The standard InChI is InChI=1S/C44H90N2O4S.2ClH/c1-7-9-11-13-15-17-19-21-23-25-27-29-31-33-37-49-43(47)41-45(3,4)35-39-51-40-36-46(5,6)42-44(48)50-38-34-32-30-28-26-24-22-20-18-16-14-12-10-8-2;;/h7-42H2,1-6H3;2*1H/q+2;;/p-2. The van der Waals surface area contributed by atoms with Crippen molar-refractivity contribution < 1.29 is 52.8 Å². The van der Waals surface area contributed by atoms with Crippen LogP contribution in [0.25, 0.3) is 0 Å². The minimum atomic E-state index is -0.0786. The average Bonchev–Trinajstić information content (AvgIpc) is 3.07. The number of hydrogen-bond acceptors (Lipinski definition) is 5. The van der Waals surface area contributed by atoms with Gasteiger partial charge in [0.15, 0.2) is 13.1 Å². The quantitative estimate of drug-likeness (QED) is 0.0437. The van der Waals surface area contributed by atoms with Crippen molar-refractivity contribution in [1.29, 1.82) is 0 Å². The van der Waals surface area contributed by atoms with Crippen molar-refractivity contribution in [1.82, 2.24) is 0 Å². The first-order valence-corrected chi connectivity index (χ1v) is 23.3. The van der Waals surface area contributed by atoms with Gasteiger partial charge in [-0.05, 0) is 12.8 Å². The monoisotopic (exact) mass is 813 g/mol. The summed E-state index contributed by atoms with van der Waals surface area (Å²) in [5.74, 6) is 1.82. The molecule has 0 amide bonds. The highest BCUT2D eigenvalue weighted by molar-refractivity contribution is 7.99. The summed E-state index contributed by atoms with van der Waals surface area (Å²) >= 11 is 1.90. The van der Waals surface area contributed by atoms with Gasteiger partial charge >= 0.3 is 11.9 Å². The van der Waals surface area contributed by atoms with E-state index in [4.69, 9.17) is 9.47 Å². The van der Waals surface area contributed by atoms with Gasteiger partial charge in [0.25, 0.3) is 0 Å². The summed E-state index contributed by atoms with van der Waals surface area (Å²) in [7, 11) is 8.45. The topological polar surface area (TPSA) is 52.6 Å². The zero-order chi connectivity index (χ0) is 37.7. The van der Waals surface area contributed by atoms with Crippen molar-refractivity contribution in [2.75, 3.05) is 79.1 Å². The maximum absolute atomic E-state index is 12.4. The highest BCUT2D eigenvalue weighted by Crippen LogP contribution is 2.15. The number of esters is 2. The molecule has 0 aliphatic heterocycles. The Morgan fingerprint density at radius 2 is 0.623 bits per heavy atom. The van der Waals surface area contributed by atoms with E-state index < -0.39 is 0 Å². The molecule has 0 heterocycles. The van der Waals surface area contributed by atoms with Gasteiger partial charge in [0.2, 0.25) is 0 Å². The van der Waals surface area contributed by atoms with Crippen LogP contribution in [0.1, 0.15) is 194 Å². The number of carbonyl (C=O) groups excluding carboxylic acids is 2. The third-order valence-electron chi connectivity index (χ3n) is 10.3. The molecule has 0 aliphatic carbocycles. The molecule has 0 saturated carbocycles. The summed E-state index contributed by atoms with van der Waals surface area (Å²) in [6.45, 7) is 8.37. The molecule has 0 saturated heterocycles. The number of unbranched alkanes of at least 4 members (excludes halogenated alkanes) is 26. The maximum atomic E-state index is 12.4. The van der Waals surface area contributed by atoms with E-state index in [0.717, 1.165) is 50.3 Å². The van der Waals surface area contributed by atoms with Crippen LogP contribution in [0.15, 0.2) is 0 Å². The molecule has 0 unspecified atom stereocenters. The molecule has 6 nitrogen and oxygen atoms in total. The predicted molar refractivity (Wildman–Crippen MR) is 224 cm³/mol. The molecule has 0 spiro atoms.